The minimum atomic E-state index is -1.25. The molecule has 0 saturated heterocycles. The van der Waals surface area contributed by atoms with Crippen LogP contribution in [0.5, 0.6) is 5.75 Å². The molecule has 1 nitrogen and oxygen atoms in total. The molecule has 1 unspecified atom stereocenters. The van der Waals surface area contributed by atoms with Gasteiger partial charge < -0.3 is 4.74 Å². The Morgan fingerprint density at radius 2 is 2.10 bits per heavy atom. The van der Waals surface area contributed by atoms with Gasteiger partial charge in [-0.15, -0.1) is 0 Å². The standard InChI is InChI=1S/C8H8FO/c1-7(9)10-8-5-3-2-4-6-8/h3-7H,1H3. The summed E-state index contributed by atoms with van der Waals surface area (Å²) in [5.74, 6) is 0.536. The molecule has 0 aliphatic rings. The van der Waals surface area contributed by atoms with Crippen LogP contribution in [0, 0.1) is 6.07 Å². The molecule has 1 aromatic rings. The second kappa shape index (κ2) is 3.20. The highest BCUT2D eigenvalue weighted by Gasteiger charge is 1.96. The Balaban J connectivity index is 2.59. The summed E-state index contributed by atoms with van der Waals surface area (Å²) in [6, 6.07) is 9.49. The van der Waals surface area contributed by atoms with Gasteiger partial charge in [0.05, 0.1) is 0 Å². The monoisotopic (exact) mass is 139 g/mol. The molecule has 0 N–H and O–H groups in total. The Morgan fingerprint density at radius 3 is 2.60 bits per heavy atom. The van der Waals surface area contributed by atoms with Crippen LogP contribution in [0.2, 0.25) is 0 Å². The Morgan fingerprint density at radius 1 is 1.50 bits per heavy atom. The Labute approximate surface area is 59.4 Å². The van der Waals surface area contributed by atoms with Crippen molar-refractivity contribution < 1.29 is 9.13 Å². The number of halogens is 1. The predicted molar refractivity (Wildman–Crippen MR) is 36.5 cm³/mol. The first-order valence-corrected chi connectivity index (χ1v) is 3.06. The number of rotatable bonds is 2. The zero-order chi connectivity index (χ0) is 7.40. The minimum Gasteiger partial charge on any atom is -0.461 e. The minimum absolute atomic E-state index is 0.536. The van der Waals surface area contributed by atoms with Crippen molar-refractivity contribution in [2.75, 3.05) is 0 Å². The van der Waals surface area contributed by atoms with Crippen molar-refractivity contribution in [1.29, 1.82) is 0 Å². The Kier molecular flexibility index (Phi) is 2.26. The lowest BCUT2D eigenvalue weighted by atomic mass is 10.3. The molecule has 1 radical (unpaired) electrons. The van der Waals surface area contributed by atoms with E-state index in [1.165, 1.54) is 6.92 Å². The molecule has 1 atom stereocenters. The Bertz CT molecular complexity index is 184. The fraction of sp³-hybridized carbons (Fsp3) is 0.250. The molecule has 1 aromatic carbocycles. The van der Waals surface area contributed by atoms with Crippen molar-refractivity contribution in [3.05, 3.63) is 30.3 Å². The van der Waals surface area contributed by atoms with E-state index < -0.39 is 6.36 Å². The molecule has 0 fully saturated rings. The van der Waals surface area contributed by atoms with Crippen LogP contribution < -0.4 is 4.74 Å². The van der Waals surface area contributed by atoms with Gasteiger partial charge in [-0.3, -0.25) is 0 Å². The molecule has 10 heavy (non-hydrogen) atoms. The largest absolute Gasteiger partial charge is 0.461 e. The van der Waals surface area contributed by atoms with Gasteiger partial charge in [0.15, 0.2) is 0 Å². The highest BCUT2D eigenvalue weighted by molar-refractivity contribution is 5.20. The van der Waals surface area contributed by atoms with Crippen molar-refractivity contribution in [1.82, 2.24) is 0 Å². The number of hydrogen-bond donors (Lipinski definition) is 0. The van der Waals surface area contributed by atoms with Crippen molar-refractivity contribution in [3.8, 4) is 5.75 Å². The molecular formula is C8H8FO. The highest BCUT2D eigenvalue weighted by Crippen LogP contribution is 2.10. The van der Waals surface area contributed by atoms with Gasteiger partial charge >= 0.3 is 0 Å². The second-order valence-corrected chi connectivity index (χ2v) is 1.90. The number of benzene rings is 1. The number of alkyl halides is 1. The summed E-state index contributed by atoms with van der Waals surface area (Å²) in [6.45, 7) is 1.34. The van der Waals surface area contributed by atoms with E-state index in [1.54, 1.807) is 24.3 Å². The van der Waals surface area contributed by atoms with Crippen LogP contribution in [0.1, 0.15) is 6.92 Å². The normalized spacial score (nSPS) is 12.6. The van der Waals surface area contributed by atoms with E-state index in [2.05, 4.69) is 6.07 Å². The third-order valence-electron chi connectivity index (χ3n) is 0.986. The fourth-order valence-electron chi connectivity index (χ4n) is 0.638. The maximum absolute atomic E-state index is 12.2. The van der Waals surface area contributed by atoms with Crippen LogP contribution in [0.25, 0.3) is 0 Å². The third-order valence-corrected chi connectivity index (χ3v) is 0.986. The molecule has 53 valence electrons. The molecule has 0 spiro atoms. The first-order chi connectivity index (χ1) is 4.79. The number of hydrogen-bond acceptors (Lipinski definition) is 1. The van der Waals surface area contributed by atoms with E-state index in [0.717, 1.165) is 0 Å². The zero-order valence-electron chi connectivity index (χ0n) is 5.67. The van der Waals surface area contributed by atoms with Crippen LogP contribution >= 0.6 is 0 Å². The summed E-state index contributed by atoms with van der Waals surface area (Å²) in [6.07, 6.45) is -1.25. The summed E-state index contributed by atoms with van der Waals surface area (Å²) in [5.41, 5.74) is 0. The van der Waals surface area contributed by atoms with Gasteiger partial charge in [-0.1, -0.05) is 12.1 Å². The zero-order valence-corrected chi connectivity index (χ0v) is 5.67. The summed E-state index contributed by atoms with van der Waals surface area (Å²) in [5, 5.41) is 0. The van der Waals surface area contributed by atoms with Gasteiger partial charge in [-0.2, -0.15) is 0 Å². The molecule has 0 amide bonds. The van der Waals surface area contributed by atoms with Crippen LogP contribution in [0.15, 0.2) is 24.3 Å². The van der Waals surface area contributed by atoms with Crippen molar-refractivity contribution >= 4 is 0 Å². The molecule has 0 aliphatic carbocycles. The molecule has 1 rings (SSSR count). The van der Waals surface area contributed by atoms with Gasteiger partial charge in [0.1, 0.15) is 5.75 Å². The van der Waals surface area contributed by atoms with Crippen LogP contribution in [-0.2, 0) is 0 Å². The van der Waals surface area contributed by atoms with Crippen LogP contribution in [0.3, 0.4) is 0 Å². The quantitative estimate of drug-likeness (QED) is 0.610. The molecular weight excluding hydrogens is 131 g/mol. The van der Waals surface area contributed by atoms with Crippen molar-refractivity contribution in [3.63, 3.8) is 0 Å². The summed E-state index contributed by atoms with van der Waals surface area (Å²) in [7, 11) is 0. The maximum atomic E-state index is 12.2. The topological polar surface area (TPSA) is 9.23 Å². The van der Waals surface area contributed by atoms with Crippen molar-refractivity contribution in [2.24, 2.45) is 0 Å². The first-order valence-electron chi connectivity index (χ1n) is 3.06. The summed E-state index contributed by atoms with van der Waals surface area (Å²) in [4.78, 5) is 0. The second-order valence-electron chi connectivity index (χ2n) is 1.90. The van der Waals surface area contributed by atoms with E-state index in [0.29, 0.717) is 5.75 Å². The summed E-state index contributed by atoms with van der Waals surface area (Å²) < 4.78 is 16.9. The predicted octanol–water partition coefficient (Wildman–Crippen LogP) is 2.18. The lowest BCUT2D eigenvalue weighted by Gasteiger charge is -2.04. The highest BCUT2D eigenvalue weighted by atomic mass is 19.1. The lowest BCUT2D eigenvalue weighted by Crippen LogP contribution is -2.02. The molecule has 0 aromatic heterocycles. The smallest absolute Gasteiger partial charge is 0.235 e. The van der Waals surface area contributed by atoms with Gasteiger partial charge in [-0.25, -0.2) is 4.39 Å². The first kappa shape index (κ1) is 7.06. The molecule has 0 bridgehead atoms. The van der Waals surface area contributed by atoms with Crippen LogP contribution in [0.4, 0.5) is 4.39 Å². The Hall–Kier alpha value is -1.05. The average molecular weight is 139 g/mol. The molecule has 0 saturated carbocycles. The molecule has 0 aliphatic heterocycles. The molecule has 2 heteroatoms. The van der Waals surface area contributed by atoms with Gasteiger partial charge in [0.2, 0.25) is 6.36 Å². The van der Waals surface area contributed by atoms with Gasteiger partial charge in [0, 0.05) is 6.92 Å². The van der Waals surface area contributed by atoms with Gasteiger partial charge in [0.25, 0.3) is 0 Å². The average Bonchev–Trinajstić information content (AvgIpc) is 1.88. The SMILES string of the molecule is CC(F)Oc1cc[c]cc1. The lowest BCUT2D eigenvalue weighted by molar-refractivity contribution is 0.0860. The number of ether oxygens (including phenoxy) is 1. The van der Waals surface area contributed by atoms with E-state index in [1.807, 2.05) is 0 Å². The van der Waals surface area contributed by atoms with E-state index in [4.69, 9.17) is 4.74 Å². The summed E-state index contributed by atoms with van der Waals surface area (Å²) >= 11 is 0. The van der Waals surface area contributed by atoms with Crippen molar-refractivity contribution in [2.45, 2.75) is 13.3 Å². The van der Waals surface area contributed by atoms with Crippen LogP contribution in [-0.4, -0.2) is 6.36 Å². The van der Waals surface area contributed by atoms with Gasteiger partial charge in [-0.05, 0) is 18.2 Å². The van der Waals surface area contributed by atoms with E-state index in [-0.39, 0.29) is 0 Å². The third kappa shape index (κ3) is 2.05. The van der Waals surface area contributed by atoms with E-state index in [9.17, 15) is 4.39 Å². The fourth-order valence-corrected chi connectivity index (χ4v) is 0.638. The molecule has 0 heterocycles. The van der Waals surface area contributed by atoms with E-state index >= 15 is 0 Å². The maximum Gasteiger partial charge on any atom is 0.235 e.